The average Bonchev–Trinajstić information content (AvgIpc) is 2.32. The number of hydrogen-bond acceptors (Lipinski definition) is 4. The summed E-state index contributed by atoms with van der Waals surface area (Å²) < 4.78 is 50.8. The molecule has 1 aromatic carbocycles. The van der Waals surface area contributed by atoms with Gasteiger partial charge in [-0.3, -0.25) is 14.5 Å². The summed E-state index contributed by atoms with van der Waals surface area (Å²) in [6.07, 6.45) is -0.0321. The number of nitrogens with zero attached hydrogens (tertiary/aromatic N) is 1. The van der Waals surface area contributed by atoms with Crippen molar-refractivity contribution in [1.29, 1.82) is 0 Å². The molecular weight excluding hydrogens is 282 g/mol. The Morgan fingerprint density at radius 1 is 1.42 bits per heavy atom. The second-order valence-corrected chi connectivity index (χ2v) is 5.51. The molecule has 0 aliphatic rings. The van der Waals surface area contributed by atoms with Crippen molar-refractivity contribution in [3.05, 3.63) is 33.6 Å². The summed E-state index contributed by atoms with van der Waals surface area (Å²) in [6, 6.07) is 1.47. The lowest BCUT2D eigenvalue weighted by molar-refractivity contribution is -0.385. The molecule has 0 aromatic heterocycles. The second kappa shape index (κ2) is 6.02. The van der Waals surface area contributed by atoms with Crippen molar-refractivity contribution in [1.82, 2.24) is 4.72 Å². The van der Waals surface area contributed by atoms with Crippen molar-refractivity contribution in [2.45, 2.75) is 18.2 Å². The van der Waals surface area contributed by atoms with Gasteiger partial charge in [0.1, 0.15) is 5.82 Å². The van der Waals surface area contributed by atoms with Gasteiger partial charge in [0.25, 0.3) is 5.69 Å². The van der Waals surface area contributed by atoms with Crippen LogP contribution in [0.3, 0.4) is 0 Å². The summed E-state index contributed by atoms with van der Waals surface area (Å²) >= 11 is 0. The smallest absolute Gasteiger partial charge is 0.258 e. The van der Waals surface area contributed by atoms with Gasteiger partial charge in [-0.15, -0.1) is 0 Å². The molecule has 19 heavy (non-hydrogen) atoms. The molecule has 106 valence electrons. The van der Waals surface area contributed by atoms with E-state index in [0.29, 0.717) is 6.07 Å². The quantitative estimate of drug-likeness (QED) is 0.491. The molecule has 6 nitrogen and oxygen atoms in total. The van der Waals surface area contributed by atoms with Gasteiger partial charge in [-0.2, -0.15) is 0 Å². The molecular formula is C10H12F2N2O4S. The Labute approximate surface area is 108 Å². The first-order valence-electron chi connectivity index (χ1n) is 5.29. The van der Waals surface area contributed by atoms with Gasteiger partial charge < -0.3 is 0 Å². The standard InChI is InChI=1S/C10H12F2N2O4S/c1-7-9(12)5-8(6-10(7)14(15)16)19(17,18)13-4-2-3-11/h5-6,13H,2-4H2,1H3. The van der Waals surface area contributed by atoms with Gasteiger partial charge in [0.05, 0.1) is 22.1 Å². The van der Waals surface area contributed by atoms with Gasteiger partial charge in [-0.05, 0) is 19.4 Å². The number of benzene rings is 1. The van der Waals surface area contributed by atoms with E-state index in [9.17, 15) is 27.3 Å². The Bertz CT molecular complexity index is 589. The Hall–Kier alpha value is -1.61. The summed E-state index contributed by atoms with van der Waals surface area (Å²) in [4.78, 5) is 9.27. The van der Waals surface area contributed by atoms with Gasteiger partial charge in [-0.1, -0.05) is 0 Å². The fourth-order valence-corrected chi connectivity index (χ4v) is 2.45. The molecule has 0 atom stereocenters. The highest BCUT2D eigenvalue weighted by Crippen LogP contribution is 2.25. The highest BCUT2D eigenvalue weighted by molar-refractivity contribution is 7.89. The largest absolute Gasteiger partial charge is 0.276 e. The number of nitro benzene ring substituents is 1. The molecule has 0 radical (unpaired) electrons. The molecule has 1 N–H and O–H groups in total. The van der Waals surface area contributed by atoms with Crippen molar-refractivity contribution in [3.8, 4) is 0 Å². The summed E-state index contributed by atoms with van der Waals surface area (Å²) in [7, 11) is -4.09. The Morgan fingerprint density at radius 2 is 2.05 bits per heavy atom. The van der Waals surface area contributed by atoms with Crippen LogP contribution in [0.15, 0.2) is 17.0 Å². The van der Waals surface area contributed by atoms with Crippen LogP contribution in [0, 0.1) is 22.9 Å². The van der Waals surface area contributed by atoms with Crippen molar-refractivity contribution in [2.75, 3.05) is 13.2 Å². The number of alkyl halides is 1. The van der Waals surface area contributed by atoms with Crippen LogP contribution in [0.5, 0.6) is 0 Å². The van der Waals surface area contributed by atoms with Crippen LogP contribution in [-0.4, -0.2) is 26.6 Å². The number of nitrogens with one attached hydrogen (secondary N) is 1. The third kappa shape index (κ3) is 3.67. The predicted octanol–water partition coefficient (Wildman–Crippen LogP) is 1.68. The second-order valence-electron chi connectivity index (χ2n) is 3.75. The highest BCUT2D eigenvalue weighted by atomic mass is 32.2. The molecule has 0 aliphatic heterocycles. The first-order chi connectivity index (χ1) is 8.79. The normalized spacial score (nSPS) is 11.5. The van der Waals surface area contributed by atoms with Crippen LogP contribution >= 0.6 is 0 Å². The Kier molecular flexibility index (Phi) is 4.90. The van der Waals surface area contributed by atoms with Crippen LogP contribution in [0.1, 0.15) is 12.0 Å². The Morgan fingerprint density at radius 3 is 2.58 bits per heavy atom. The minimum Gasteiger partial charge on any atom is -0.258 e. The van der Waals surface area contributed by atoms with Gasteiger partial charge in [0, 0.05) is 12.6 Å². The fourth-order valence-electron chi connectivity index (χ4n) is 1.34. The van der Waals surface area contributed by atoms with Crippen molar-refractivity contribution < 1.29 is 22.1 Å². The number of halogens is 2. The number of nitro groups is 1. The zero-order valence-corrected chi connectivity index (χ0v) is 10.8. The molecule has 0 spiro atoms. The van der Waals surface area contributed by atoms with E-state index in [1.54, 1.807) is 0 Å². The number of sulfonamides is 1. The first kappa shape index (κ1) is 15.4. The lowest BCUT2D eigenvalue weighted by Gasteiger charge is -2.07. The molecule has 0 saturated carbocycles. The average molecular weight is 294 g/mol. The van der Waals surface area contributed by atoms with E-state index >= 15 is 0 Å². The predicted molar refractivity (Wildman–Crippen MR) is 63.6 cm³/mol. The maximum atomic E-state index is 13.5. The van der Waals surface area contributed by atoms with E-state index in [0.717, 1.165) is 6.07 Å². The molecule has 0 unspecified atom stereocenters. The van der Waals surface area contributed by atoms with Crippen molar-refractivity contribution in [3.63, 3.8) is 0 Å². The van der Waals surface area contributed by atoms with E-state index in [2.05, 4.69) is 0 Å². The zero-order valence-electron chi connectivity index (χ0n) is 10.0. The lowest BCUT2D eigenvalue weighted by Crippen LogP contribution is -2.25. The molecule has 0 aliphatic carbocycles. The molecule has 0 heterocycles. The molecule has 1 aromatic rings. The van der Waals surface area contributed by atoms with E-state index < -0.39 is 38.0 Å². The van der Waals surface area contributed by atoms with Crippen LogP contribution in [0.25, 0.3) is 0 Å². The molecule has 0 bridgehead atoms. The van der Waals surface area contributed by atoms with E-state index in [-0.39, 0.29) is 18.5 Å². The van der Waals surface area contributed by atoms with Crippen LogP contribution in [0.4, 0.5) is 14.5 Å². The maximum absolute atomic E-state index is 13.5. The number of hydrogen-bond donors (Lipinski definition) is 1. The minimum absolute atomic E-state index is 0.0321. The number of rotatable bonds is 6. The molecule has 0 saturated heterocycles. The van der Waals surface area contributed by atoms with Crippen molar-refractivity contribution >= 4 is 15.7 Å². The molecule has 9 heteroatoms. The summed E-state index contributed by atoms with van der Waals surface area (Å²) in [5, 5.41) is 10.7. The molecule has 1 rings (SSSR count). The minimum atomic E-state index is -4.09. The highest BCUT2D eigenvalue weighted by Gasteiger charge is 2.22. The molecule has 0 amide bonds. The van der Waals surface area contributed by atoms with E-state index in [1.807, 2.05) is 4.72 Å². The zero-order chi connectivity index (χ0) is 14.6. The van der Waals surface area contributed by atoms with Gasteiger partial charge in [0.15, 0.2) is 0 Å². The first-order valence-corrected chi connectivity index (χ1v) is 6.78. The monoisotopic (exact) mass is 294 g/mol. The lowest BCUT2D eigenvalue weighted by atomic mass is 10.2. The third-order valence-corrected chi connectivity index (χ3v) is 3.84. The summed E-state index contributed by atoms with van der Waals surface area (Å²) in [6.45, 7) is 0.313. The van der Waals surface area contributed by atoms with Crippen LogP contribution < -0.4 is 4.72 Å². The van der Waals surface area contributed by atoms with Gasteiger partial charge >= 0.3 is 0 Å². The Balaban J connectivity index is 3.17. The van der Waals surface area contributed by atoms with E-state index in [1.165, 1.54) is 6.92 Å². The van der Waals surface area contributed by atoms with Crippen LogP contribution in [0.2, 0.25) is 0 Å². The van der Waals surface area contributed by atoms with Crippen molar-refractivity contribution in [2.24, 2.45) is 0 Å². The SMILES string of the molecule is Cc1c(F)cc(S(=O)(=O)NCCCF)cc1[N+](=O)[O-]. The summed E-state index contributed by atoms with van der Waals surface area (Å²) in [5.41, 5.74) is -0.862. The molecule has 0 fully saturated rings. The van der Waals surface area contributed by atoms with E-state index in [4.69, 9.17) is 0 Å². The maximum Gasteiger partial charge on any atom is 0.276 e. The van der Waals surface area contributed by atoms with Crippen LogP contribution in [-0.2, 0) is 10.0 Å². The third-order valence-electron chi connectivity index (χ3n) is 2.40. The summed E-state index contributed by atoms with van der Waals surface area (Å²) in [5.74, 6) is -0.986. The van der Waals surface area contributed by atoms with Gasteiger partial charge in [-0.25, -0.2) is 17.5 Å². The topological polar surface area (TPSA) is 89.3 Å². The van der Waals surface area contributed by atoms with Gasteiger partial charge in [0.2, 0.25) is 10.0 Å². The fraction of sp³-hybridized carbons (Fsp3) is 0.400.